The molecule has 2 aromatic rings. The van der Waals surface area contributed by atoms with Gasteiger partial charge in [-0.2, -0.15) is 0 Å². The Balaban J connectivity index is 2.19. The van der Waals surface area contributed by atoms with Crippen molar-refractivity contribution in [2.45, 2.75) is 26.8 Å². The number of hydrogen-bond acceptors (Lipinski definition) is 4. The molecule has 0 spiro atoms. The smallest absolute Gasteiger partial charge is 0.258 e. The zero-order chi connectivity index (χ0) is 17.5. The Labute approximate surface area is 141 Å². The van der Waals surface area contributed by atoms with Crippen molar-refractivity contribution in [3.8, 4) is 5.75 Å². The highest BCUT2D eigenvalue weighted by Crippen LogP contribution is 2.22. The largest absolute Gasteiger partial charge is 0.484 e. The summed E-state index contributed by atoms with van der Waals surface area (Å²) in [7, 11) is 1.58. The van der Waals surface area contributed by atoms with Crippen molar-refractivity contribution in [3.63, 3.8) is 0 Å². The normalized spacial score (nSPS) is 10.8. The highest BCUT2D eigenvalue weighted by molar-refractivity contribution is 5.84. The van der Waals surface area contributed by atoms with E-state index in [2.05, 4.69) is 5.32 Å². The lowest BCUT2D eigenvalue weighted by molar-refractivity contribution is -0.123. The van der Waals surface area contributed by atoms with Gasteiger partial charge in [0.05, 0.1) is 12.1 Å². The molecule has 6 heteroatoms. The zero-order valence-electron chi connectivity index (χ0n) is 14.4. The quantitative estimate of drug-likeness (QED) is 0.749. The molecule has 2 rings (SSSR count). The number of aromatic nitrogens is 1. The summed E-state index contributed by atoms with van der Waals surface area (Å²) < 4.78 is 12.2. The van der Waals surface area contributed by atoms with E-state index in [0.29, 0.717) is 25.4 Å². The van der Waals surface area contributed by atoms with Gasteiger partial charge in [-0.3, -0.25) is 9.59 Å². The highest BCUT2D eigenvalue weighted by Gasteiger charge is 2.08. The Bertz CT molecular complexity index is 767. The van der Waals surface area contributed by atoms with Crippen LogP contribution in [0.3, 0.4) is 0 Å². The van der Waals surface area contributed by atoms with Crippen LogP contribution in [0.25, 0.3) is 10.9 Å². The number of rotatable bonds is 8. The minimum atomic E-state index is -0.206. The van der Waals surface area contributed by atoms with Crippen LogP contribution in [0.4, 0.5) is 0 Å². The summed E-state index contributed by atoms with van der Waals surface area (Å²) in [4.78, 5) is 23.9. The Hall–Kier alpha value is -2.34. The predicted molar refractivity (Wildman–Crippen MR) is 93.6 cm³/mol. The van der Waals surface area contributed by atoms with Gasteiger partial charge in [0, 0.05) is 37.7 Å². The molecular weight excluding hydrogens is 308 g/mol. The van der Waals surface area contributed by atoms with Gasteiger partial charge >= 0.3 is 0 Å². The topological polar surface area (TPSA) is 69.6 Å². The minimum Gasteiger partial charge on any atom is -0.484 e. The van der Waals surface area contributed by atoms with Gasteiger partial charge in [0.2, 0.25) is 0 Å². The third-order valence-electron chi connectivity index (χ3n) is 3.74. The Morgan fingerprint density at radius 3 is 2.79 bits per heavy atom. The number of aryl methyl sites for hydroxylation is 2. The molecule has 1 aromatic heterocycles. The molecule has 1 heterocycles. The molecule has 1 N–H and O–H groups in total. The van der Waals surface area contributed by atoms with E-state index in [1.165, 1.54) is 0 Å². The van der Waals surface area contributed by atoms with Crippen molar-refractivity contribution in [1.82, 2.24) is 9.88 Å². The van der Waals surface area contributed by atoms with E-state index in [1.54, 1.807) is 17.7 Å². The molecule has 130 valence electrons. The van der Waals surface area contributed by atoms with Gasteiger partial charge in [0.1, 0.15) is 5.75 Å². The second kappa shape index (κ2) is 8.49. The molecule has 0 saturated heterocycles. The molecule has 0 aliphatic heterocycles. The molecule has 24 heavy (non-hydrogen) atoms. The second-order valence-electron chi connectivity index (χ2n) is 5.63. The zero-order valence-corrected chi connectivity index (χ0v) is 14.4. The first-order valence-electron chi connectivity index (χ1n) is 8.09. The van der Waals surface area contributed by atoms with Crippen molar-refractivity contribution in [2.75, 3.05) is 26.9 Å². The van der Waals surface area contributed by atoms with Crippen LogP contribution in [0.2, 0.25) is 0 Å². The summed E-state index contributed by atoms with van der Waals surface area (Å²) in [5.74, 6) is 0.363. The third-order valence-corrected chi connectivity index (χ3v) is 3.74. The molecule has 0 aliphatic rings. The van der Waals surface area contributed by atoms with Gasteiger partial charge in [-0.1, -0.05) is 6.92 Å². The van der Waals surface area contributed by atoms with Crippen molar-refractivity contribution in [3.05, 3.63) is 40.2 Å². The number of amides is 1. The number of ether oxygens (including phenoxy) is 2. The van der Waals surface area contributed by atoms with Crippen molar-refractivity contribution in [2.24, 2.45) is 0 Å². The van der Waals surface area contributed by atoms with Gasteiger partial charge in [-0.05, 0) is 31.0 Å². The first-order chi connectivity index (χ1) is 11.6. The lowest BCUT2D eigenvalue weighted by Crippen LogP contribution is -2.31. The van der Waals surface area contributed by atoms with E-state index in [1.807, 2.05) is 32.0 Å². The van der Waals surface area contributed by atoms with E-state index in [9.17, 15) is 9.59 Å². The van der Waals surface area contributed by atoms with Gasteiger partial charge in [0.15, 0.2) is 6.61 Å². The molecule has 1 aromatic carbocycles. The number of hydrogen-bond donors (Lipinski definition) is 1. The minimum absolute atomic E-state index is 0.0173. The molecule has 6 nitrogen and oxygen atoms in total. The van der Waals surface area contributed by atoms with E-state index < -0.39 is 0 Å². The first kappa shape index (κ1) is 18.0. The monoisotopic (exact) mass is 332 g/mol. The fourth-order valence-electron chi connectivity index (χ4n) is 2.56. The van der Waals surface area contributed by atoms with Crippen molar-refractivity contribution in [1.29, 1.82) is 0 Å². The van der Waals surface area contributed by atoms with Crippen LogP contribution in [-0.4, -0.2) is 37.3 Å². The maximum absolute atomic E-state index is 12.2. The number of carbonyl (C=O) groups excluding carboxylic acids is 1. The Morgan fingerprint density at radius 2 is 2.08 bits per heavy atom. The summed E-state index contributed by atoms with van der Waals surface area (Å²) in [5, 5.41) is 3.71. The fourth-order valence-corrected chi connectivity index (χ4v) is 2.56. The van der Waals surface area contributed by atoms with E-state index in [4.69, 9.17) is 9.47 Å². The van der Waals surface area contributed by atoms with Crippen molar-refractivity contribution < 1.29 is 14.3 Å². The number of nitrogens with one attached hydrogen (secondary N) is 1. The SMILES string of the molecule is CCCn1c(=O)cc(C)c2ccc(OCC(=O)NCCOC)cc21. The highest BCUT2D eigenvalue weighted by atomic mass is 16.5. The predicted octanol–water partition coefficient (Wildman–Crippen LogP) is 1.86. The molecule has 0 aliphatic carbocycles. The standard InChI is InChI=1S/C18H24N2O4/c1-4-8-20-16-11-14(24-12-17(21)19-7-9-23-3)5-6-15(16)13(2)10-18(20)22/h5-6,10-11H,4,7-9,12H2,1-3H3,(H,19,21). The lowest BCUT2D eigenvalue weighted by Gasteiger charge is -2.13. The maximum atomic E-state index is 12.2. The summed E-state index contributed by atoms with van der Waals surface area (Å²) in [6, 6.07) is 7.22. The molecule has 0 unspecified atom stereocenters. The number of methoxy groups -OCH3 is 1. The number of pyridine rings is 1. The van der Waals surface area contributed by atoms with E-state index in [0.717, 1.165) is 22.9 Å². The summed E-state index contributed by atoms with van der Waals surface area (Å²) in [6.07, 6.45) is 0.866. The van der Waals surface area contributed by atoms with Gasteiger partial charge < -0.3 is 19.4 Å². The van der Waals surface area contributed by atoms with Crippen LogP contribution < -0.4 is 15.6 Å². The third kappa shape index (κ3) is 4.35. The van der Waals surface area contributed by atoms with E-state index in [-0.39, 0.29) is 18.1 Å². The molecule has 0 saturated carbocycles. The average Bonchev–Trinajstić information content (AvgIpc) is 2.56. The molecular formula is C18H24N2O4. The van der Waals surface area contributed by atoms with Crippen LogP contribution in [0, 0.1) is 6.92 Å². The second-order valence-corrected chi connectivity index (χ2v) is 5.63. The molecule has 0 bridgehead atoms. The number of carbonyl (C=O) groups is 1. The maximum Gasteiger partial charge on any atom is 0.258 e. The van der Waals surface area contributed by atoms with Crippen LogP contribution in [-0.2, 0) is 16.1 Å². The average molecular weight is 332 g/mol. The van der Waals surface area contributed by atoms with Crippen LogP contribution in [0.15, 0.2) is 29.1 Å². The summed E-state index contributed by atoms with van der Waals surface area (Å²) in [5.41, 5.74) is 1.75. The summed E-state index contributed by atoms with van der Waals surface area (Å²) in [6.45, 7) is 5.44. The Morgan fingerprint density at radius 1 is 1.29 bits per heavy atom. The fraction of sp³-hybridized carbons (Fsp3) is 0.444. The molecule has 0 atom stereocenters. The first-order valence-corrected chi connectivity index (χ1v) is 8.09. The lowest BCUT2D eigenvalue weighted by atomic mass is 10.1. The van der Waals surface area contributed by atoms with Gasteiger partial charge in [-0.15, -0.1) is 0 Å². The number of nitrogens with zero attached hydrogens (tertiary/aromatic N) is 1. The van der Waals surface area contributed by atoms with Crippen molar-refractivity contribution >= 4 is 16.8 Å². The number of benzene rings is 1. The van der Waals surface area contributed by atoms with Gasteiger partial charge in [0.25, 0.3) is 11.5 Å². The Kier molecular flexibility index (Phi) is 6.37. The molecule has 1 amide bonds. The van der Waals surface area contributed by atoms with Gasteiger partial charge in [-0.25, -0.2) is 0 Å². The molecule has 0 fully saturated rings. The summed E-state index contributed by atoms with van der Waals surface area (Å²) >= 11 is 0. The number of fused-ring (bicyclic) bond motifs is 1. The van der Waals surface area contributed by atoms with Crippen LogP contribution >= 0.6 is 0 Å². The van der Waals surface area contributed by atoms with Crippen LogP contribution in [0.5, 0.6) is 5.75 Å². The molecule has 0 radical (unpaired) electrons. The van der Waals surface area contributed by atoms with Crippen LogP contribution in [0.1, 0.15) is 18.9 Å². The van der Waals surface area contributed by atoms with E-state index >= 15 is 0 Å².